The summed E-state index contributed by atoms with van der Waals surface area (Å²) in [4.78, 5) is 11.3. The molecule has 0 N–H and O–H groups in total. The number of hydrogen-bond acceptors (Lipinski definition) is 4. The zero-order chi connectivity index (χ0) is 14.6. The van der Waals surface area contributed by atoms with Crippen molar-refractivity contribution in [3.63, 3.8) is 0 Å². The normalized spacial score (nSPS) is 11.6. The highest BCUT2D eigenvalue weighted by atomic mass is 79.9. The van der Waals surface area contributed by atoms with Crippen LogP contribution in [0.4, 0.5) is 0 Å². The van der Waals surface area contributed by atoms with Crippen molar-refractivity contribution < 1.29 is 17.9 Å². The molecule has 0 unspecified atom stereocenters. The first-order valence-corrected chi connectivity index (χ1v) is 7.96. The van der Waals surface area contributed by atoms with Crippen LogP contribution in [-0.2, 0) is 19.6 Å². The van der Waals surface area contributed by atoms with E-state index in [1.807, 2.05) is 0 Å². The Hall–Kier alpha value is -0.630. The van der Waals surface area contributed by atoms with Crippen LogP contribution < -0.4 is 0 Å². The molecule has 0 bridgehead atoms. The summed E-state index contributed by atoms with van der Waals surface area (Å²) in [6.07, 6.45) is 0. The Morgan fingerprint density at radius 1 is 1.47 bits per heavy atom. The number of rotatable bonds is 5. The minimum atomic E-state index is -3.75. The Balaban J connectivity index is 3.13. The third-order valence-corrected chi connectivity index (χ3v) is 5.55. The Bertz CT molecular complexity index is 576. The SMILES string of the molecule is CCN(CC(=O)OC)S(=O)(=O)c1ccc(Cl)c(Br)c1. The number of hydrogen-bond donors (Lipinski definition) is 0. The number of sulfonamides is 1. The molecule has 0 aliphatic rings. The molecule has 1 aromatic rings. The number of methoxy groups -OCH3 is 1. The minimum absolute atomic E-state index is 0.0644. The van der Waals surface area contributed by atoms with Gasteiger partial charge in [-0.2, -0.15) is 4.31 Å². The van der Waals surface area contributed by atoms with Gasteiger partial charge in [-0.05, 0) is 34.1 Å². The van der Waals surface area contributed by atoms with Crippen LogP contribution in [0.3, 0.4) is 0 Å². The van der Waals surface area contributed by atoms with Gasteiger partial charge in [-0.15, -0.1) is 0 Å². The van der Waals surface area contributed by atoms with E-state index in [-0.39, 0.29) is 18.0 Å². The van der Waals surface area contributed by atoms with Crippen molar-refractivity contribution in [2.75, 3.05) is 20.2 Å². The third kappa shape index (κ3) is 3.92. The second-order valence-electron chi connectivity index (χ2n) is 3.58. The molecule has 0 amide bonds. The molecule has 0 aliphatic heterocycles. The molecule has 5 nitrogen and oxygen atoms in total. The summed E-state index contributed by atoms with van der Waals surface area (Å²) in [5.74, 6) is -0.613. The van der Waals surface area contributed by atoms with Gasteiger partial charge in [0.1, 0.15) is 6.54 Å². The lowest BCUT2D eigenvalue weighted by molar-refractivity contribution is -0.140. The molecule has 0 heterocycles. The molecular formula is C11H13BrClNO4S. The van der Waals surface area contributed by atoms with Crippen molar-refractivity contribution in [1.82, 2.24) is 4.31 Å². The lowest BCUT2D eigenvalue weighted by atomic mass is 10.4. The smallest absolute Gasteiger partial charge is 0.321 e. The lowest BCUT2D eigenvalue weighted by Gasteiger charge is -2.19. The van der Waals surface area contributed by atoms with Crippen molar-refractivity contribution >= 4 is 43.5 Å². The van der Waals surface area contributed by atoms with E-state index < -0.39 is 16.0 Å². The van der Waals surface area contributed by atoms with Gasteiger partial charge in [-0.3, -0.25) is 4.79 Å². The van der Waals surface area contributed by atoms with Crippen LogP contribution in [0, 0.1) is 0 Å². The number of carbonyl (C=O) groups excluding carboxylic acids is 1. The van der Waals surface area contributed by atoms with E-state index in [1.54, 1.807) is 6.92 Å². The maximum Gasteiger partial charge on any atom is 0.321 e. The Labute approximate surface area is 125 Å². The van der Waals surface area contributed by atoms with Crippen molar-refractivity contribution in [2.24, 2.45) is 0 Å². The first kappa shape index (κ1) is 16.4. The standard InChI is InChI=1S/C11H13BrClNO4S/c1-3-14(7-11(15)18-2)19(16,17)8-4-5-10(13)9(12)6-8/h4-6H,3,7H2,1-2H3. The molecule has 19 heavy (non-hydrogen) atoms. The summed E-state index contributed by atoms with van der Waals surface area (Å²) in [6.45, 7) is 1.48. The molecule has 1 rings (SSSR count). The zero-order valence-corrected chi connectivity index (χ0v) is 13.5. The van der Waals surface area contributed by atoms with Gasteiger partial charge < -0.3 is 4.74 Å². The van der Waals surface area contributed by atoms with Gasteiger partial charge >= 0.3 is 5.97 Å². The number of carbonyl (C=O) groups is 1. The van der Waals surface area contributed by atoms with Crippen molar-refractivity contribution in [3.8, 4) is 0 Å². The van der Waals surface area contributed by atoms with Gasteiger partial charge in [-0.25, -0.2) is 8.42 Å². The number of benzene rings is 1. The van der Waals surface area contributed by atoms with Gasteiger partial charge in [-0.1, -0.05) is 18.5 Å². The molecule has 0 radical (unpaired) electrons. The van der Waals surface area contributed by atoms with Crippen LogP contribution in [0.5, 0.6) is 0 Å². The minimum Gasteiger partial charge on any atom is -0.468 e. The van der Waals surface area contributed by atoms with E-state index in [1.165, 1.54) is 25.3 Å². The molecule has 8 heteroatoms. The number of halogens is 2. The Morgan fingerprint density at radius 2 is 2.11 bits per heavy atom. The molecule has 0 saturated heterocycles. The first-order chi connectivity index (χ1) is 8.82. The Kier molecular flexibility index (Phi) is 5.79. The second kappa shape index (κ2) is 6.69. The molecule has 0 aliphatic carbocycles. The highest BCUT2D eigenvalue weighted by Gasteiger charge is 2.26. The van der Waals surface area contributed by atoms with Crippen molar-refractivity contribution in [2.45, 2.75) is 11.8 Å². The fourth-order valence-corrected chi connectivity index (χ4v) is 3.43. The quantitative estimate of drug-likeness (QED) is 0.746. The lowest BCUT2D eigenvalue weighted by Crippen LogP contribution is -2.36. The first-order valence-electron chi connectivity index (χ1n) is 5.35. The van der Waals surface area contributed by atoms with Crippen molar-refractivity contribution in [1.29, 1.82) is 0 Å². The van der Waals surface area contributed by atoms with Crippen molar-refractivity contribution in [3.05, 3.63) is 27.7 Å². The summed E-state index contributed by atoms with van der Waals surface area (Å²) in [6, 6.07) is 4.27. The fourth-order valence-electron chi connectivity index (χ4n) is 1.36. The molecule has 106 valence electrons. The van der Waals surface area contributed by atoms with E-state index >= 15 is 0 Å². The highest BCUT2D eigenvalue weighted by molar-refractivity contribution is 9.10. The third-order valence-electron chi connectivity index (χ3n) is 2.41. The summed E-state index contributed by atoms with van der Waals surface area (Å²) in [5.41, 5.74) is 0. The van der Waals surface area contributed by atoms with Gasteiger partial charge in [0.15, 0.2) is 0 Å². The summed E-state index contributed by atoms with van der Waals surface area (Å²) >= 11 is 8.99. The monoisotopic (exact) mass is 369 g/mol. The summed E-state index contributed by atoms with van der Waals surface area (Å²) < 4.78 is 30.7. The second-order valence-corrected chi connectivity index (χ2v) is 6.78. The predicted octanol–water partition coefficient (Wildman–Crippen LogP) is 2.29. The van der Waals surface area contributed by atoms with Gasteiger partial charge in [0.25, 0.3) is 0 Å². The topological polar surface area (TPSA) is 63.7 Å². The summed E-state index contributed by atoms with van der Waals surface area (Å²) in [5, 5.41) is 0.412. The molecule has 0 atom stereocenters. The van der Waals surface area contributed by atoms with Crippen LogP contribution >= 0.6 is 27.5 Å². The van der Waals surface area contributed by atoms with Gasteiger partial charge in [0.05, 0.1) is 17.0 Å². The number of ether oxygens (including phenoxy) is 1. The maximum absolute atomic E-state index is 12.3. The zero-order valence-electron chi connectivity index (χ0n) is 10.4. The van der Waals surface area contributed by atoms with E-state index in [2.05, 4.69) is 20.7 Å². The molecule has 0 aromatic heterocycles. The van der Waals surface area contributed by atoms with E-state index in [0.717, 1.165) is 4.31 Å². The van der Waals surface area contributed by atoms with Crippen LogP contribution in [0.2, 0.25) is 5.02 Å². The summed E-state index contributed by atoms with van der Waals surface area (Å²) in [7, 11) is -2.54. The molecule has 0 spiro atoms. The number of likely N-dealkylation sites (N-methyl/N-ethyl adjacent to an activating group) is 1. The average Bonchev–Trinajstić information content (AvgIpc) is 2.38. The van der Waals surface area contributed by atoms with Crippen LogP contribution in [0.1, 0.15) is 6.92 Å². The van der Waals surface area contributed by atoms with E-state index in [0.29, 0.717) is 9.50 Å². The maximum atomic E-state index is 12.3. The molecule has 0 fully saturated rings. The van der Waals surface area contributed by atoms with Crippen LogP contribution in [0.25, 0.3) is 0 Å². The highest BCUT2D eigenvalue weighted by Crippen LogP contribution is 2.26. The molecular weight excluding hydrogens is 358 g/mol. The largest absolute Gasteiger partial charge is 0.468 e. The van der Waals surface area contributed by atoms with E-state index in [9.17, 15) is 13.2 Å². The van der Waals surface area contributed by atoms with E-state index in [4.69, 9.17) is 11.6 Å². The number of esters is 1. The van der Waals surface area contributed by atoms with Gasteiger partial charge in [0, 0.05) is 11.0 Å². The molecule has 0 saturated carbocycles. The number of nitrogens with zero attached hydrogens (tertiary/aromatic N) is 1. The van der Waals surface area contributed by atoms with Crippen LogP contribution in [0.15, 0.2) is 27.6 Å². The Morgan fingerprint density at radius 3 is 2.58 bits per heavy atom. The average molecular weight is 371 g/mol. The molecule has 1 aromatic carbocycles. The predicted molar refractivity (Wildman–Crippen MR) is 75.6 cm³/mol. The van der Waals surface area contributed by atoms with Gasteiger partial charge in [0.2, 0.25) is 10.0 Å². The van der Waals surface area contributed by atoms with Crippen LogP contribution in [-0.4, -0.2) is 38.9 Å². The fraction of sp³-hybridized carbons (Fsp3) is 0.364.